The van der Waals surface area contributed by atoms with Crippen molar-refractivity contribution < 1.29 is 8.42 Å². The molecule has 1 unspecified atom stereocenters. The lowest BCUT2D eigenvalue weighted by atomic mass is 10.1. The first-order valence-corrected chi connectivity index (χ1v) is 7.96. The number of nitrogens with one attached hydrogen (secondary N) is 1. The van der Waals surface area contributed by atoms with Crippen LogP contribution in [0.1, 0.15) is 32.1 Å². The minimum Gasteiger partial charge on any atom is -0.317 e. The highest BCUT2D eigenvalue weighted by atomic mass is 32.2. The summed E-state index contributed by atoms with van der Waals surface area (Å²) in [5.41, 5.74) is 0. The molecule has 0 aromatic rings. The molecule has 0 aliphatic carbocycles. The van der Waals surface area contributed by atoms with Crippen LogP contribution in [0.25, 0.3) is 0 Å². The summed E-state index contributed by atoms with van der Waals surface area (Å²) in [5.74, 6) is 0. The van der Waals surface area contributed by atoms with E-state index in [1.165, 1.54) is 0 Å². The maximum atomic E-state index is 12.4. The van der Waals surface area contributed by atoms with Crippen LogP contribution in [0.3, 0.4) is 0 Å². The molecule has 1 atom stereocenters. The molecule has 0 saturated carbocycles. The van der Waals surface area contributed by atoms with Gasteiger partial charge in [0.2, 0.25) is 0 Å². The minimum atomic E-state index is -3.22. The van der Waals surface area contributed by atoms with Crippen molar-refractivity contribution in [1.29, 1.82) is 0 Å². The van der Waals surface area contributed by atoms with Crippen LogP contribution in [-0.2, 0) is 10.2 Å². The van der Waals surface area contributed by atoms with Crippen molar-refractivity contribution in [3.8, 4) is 0 Å². The topological polar surface area (TPSA) is 52.7 Å². The molecule has 2 rings (SSSR count). The molecule has 5 nitrogen and oxygen atoms in total. The fraction of sp³-hybridized carbons (Fsp3) is 1.00. The average molecular weight is 261 g/mol. The number of hydrogen-bond acceptors (Lipinski definition) is 3. The molecule has 0 bridgehead atoms. The van der Waals surface area contributed by atoms with Gasteiger partial charge in [0.1, 0.15) is 0 Å². The summed E-state index contributed by atoms with van der Waals surface area (Å²) < 4.78 is 28.0. The number of rotatable bonds is 3. The van der Waals surface area contributed by atoms with Gasteiger partial charge < -0.3 is 5.32 Å². The third kappa shape index (κ3) is 2.99. The Kier molecular flexibility index (Phi) is 4.41. The van der Waals surface area contributed by atoms with E-state index in [1.54, 1.807) is 15.7 Å². The Balaban J connectivity index is 2.03. The Morgan fingerprint density at radius 3 is 2.53 bits per heavy atom. The normalized spacial score (nSPS) is 28.5. The molecule has 2 aliphatic heterocycles. The largest absolute Gasteiger partial charge is 0.317 e. The first-order valence-electron chi connectivity index (χ1n) is 6.56. The lowest BCUT2D eigenvalue weighted by Crippen LogP contribution is -2.45. The van der Waals surface area contributed by atoms with Gasteiger partial charge in [-0.25, -0.2) is 0 Å². The molecular weight excluding hydrogens is 238 g/mol. The van der Waals surface area contributed by atoms with Gasteiger partial charge in [0.25, 0.3) is 10.2 Å². The van der Waals surface area contributed by atoms with Crippen LogP contribution in [0.4, 0.5) is 0 Å². The molecule has 0 spiro atoms. The Morgan fingerprint density at radius 2 is 1.82 bits per heavy atom. The van der Waals surface area contributed by atoms with Crippen molar-refractivity contribution in [3.05, 3.63) is 0 Å². The second kappa shape index (κ2) is 5.65. The molecule has 2 fully saturated rings. The van der Waals surface area contributed by atoms with Crippen LogP contribution in [0, 0.1) is 0 Å². The fourth-order valence-corrected chi connectivity index (χ4v) is 4.33. The van der Waals surface area contributed by atoms with E-state index in [2.05, 4.69) is 5.32 Å². The van der Waals surface area contributed by atoms with E-state index in [-0.39, 0.29) is 6.04 Å². The SMILES string of the molecule is CN(C1CCCNCC1)S(=O)(=O)N1CCCC1. The van der Waals surface area contributed by atoms with Crippen molar-refractivity contribution in [3.63, 3.8) is 0 Å². The maximum Gasteiger partial charge on any atom is 0.281 e. The van der Waals surface area contributed by atoms with Gasteiger partial charge in [0, 0.05) is 26.2 Å². The summed E-state index contributed by atoms with van der Waals surface area (Å²) in [6.07, 6.45) is 4.95. The van der Waals surface area contributed by atoms with E-state index in [1.807, 2.05) is 0 Å². The summed E-state index contributed by atoms with van der Waals surface area (Å²) in [7, 11) is -1.48. The van der Waals surface area contributed by atoms with Gasteiger partial charge in [0.05, 0.1) is 0 Å². The summed E-state index contributed by atoms with van der Waals surface area (Å²) in [5, 5.41) is 3.32. The van der Waals surface area contributed by atoms with E-state index in [0.29, 0.717) is 13.1 Å². The van der Waals surface area contributed by atoms with Gasteiger partial charge in [-0.1, -0.05) is 0 Å². The lowest BCUT2D eigenvalue weighted by Gasteiger charge is -2.30. The van der Waals surface area contributed by atoms with Crippen molar-refractivity contribution >= 4 is 10.2 Å². The highest BCUT2D eigenvalue weighted by Gasteiger charge is 2.33. The van der Waals surface area contributed by atoms with Crippen molar-refractivity contribution in [2.75, 3.05) is 33.2 Å². The molecule has 2 saturated heterocycles. The average Bonchev–Trinajstić information content (AvgIpc) is 2.72. The first-order chi connectivity index (χ1) is 8.12. The molecule has 0 radical (unpaired) electrons. The molecule has 0 aromatic heterocycles. The van der Waals surface area contributed by atoms with E-state index < -0.39 is 10.2 Å². The zero-order chi connectivity index (χ0) is 12.3. The standard InChI is InChI=1S/C11H23N3O2S/c1-13(11-5-4-7-12-8-6-11)17(15,16)14-9-2-3-10-14/h11-12H,2-10H2,1H3. The predicted molar refractivity (Wildman–Crippen MR) is 68.0 cm³/mol. The summed E-state index contributed by atoms with van der Waals surface area (Å²) in [6.45, 7) is 3.31. The molecule has 100 valence electrons. The van der Waals surface area contributed by atoms with E-state index in [9.17, 15) is 8.42 Å². The monoisotopic (exact) mass is 261 g/mol. The van der Waals surface area contributed by atoms with Crippen LogP contribution >= 0.6 is 0 Å². The van der Waals surface area contributed by atoms with Gasteiger partial charge >= 0.3 is 0 Å². The second-order valence-corrected chi connectivity index (χ2v) is 6.95. The lowest BCUT2D eigenvalue weighted by molar-refractivity contribution is 0.312. The van der Waals surface area contributed by atoms with Crippen LogP contribution in [0.5, 0.6) is 0 Å². The van der Waals surface area contributed by atoms with Crippen LogP contribution in [0.15, 0.2) is 0 Å². The third-order valence-corrected chi connectivity index (χ3v) is 5.86. The highest BCUT2D eigenvalue weighted by Crippen LogP contribution is 2.21. The first kappa shape index (κ1) is 13.3. The van der Waals surface area contributed by atoms with Crippen molar-refractivity contribution in [2.45, 2.75) is 38.1 Å². The molecule has 6 heteroatoms. The van der Waals surface area contributed by atoms with Crippen molar-refractivity contribution in [1.82, 2.24) is 13.9 Å². The molecule has 0 amide bonds. The zero-order valence-corrected chi connectivity index (χ0v) is 11.4. The molecular formula is C11H23N3O2S. The predicted octanol–water partition coefficient (Wildman–Crippen LogP) is 0.401. The summed E-state index contributed by atoms with van der Waals surface area (Å²) in [4.78, 5) is 0. The Hall–Kier alpha value is -0.170. The fourth-order valence-electron chi connectivity index (χ4n) is 2.65. The zero-order valence-electron chi connectivity index (χ0n) is 10.6. The third-order valence-electron chi connectivity index (χ3n) is 3.81. The van der Waals surface area contributed by atoms with Crippen LogP contribution < -0.4 is 5.32 Å². The van der Waals surface area contributed by atoms with Gasteiger partial charge in [-0.3, -0.25) is 0 Å². The summed E-state index contributed by atoms with van der Waals surface area (Å²) >= 11 is 0. The van der Waals surface area contributed by atoms with Gasteiger partial charge in [-0.2, -0.15) is 17.0 Å². The Bertz CT molecular complexity index is 331. The van der Waals surface area contributed by atoms with Gasteiger partial charge in [-0.05, 0) is 45.2 Å². The Labute approximate surface area is 104 Å². The van der Waals surface area contributed by atoms with Crippen LogP contribution in [0.2, 0.25) is 0 Å². The van der Waals surface area contributed by atoms with E-state index in [0.717, 1.165) is 45.2 Å². The quantitative estimate of drug-likeness (QED) is 0.800. The van der Waals surface area contributed by atoms with Crippen LogP contribution in [-0.4, -0.2) is 56.3 Å². The molecule has 0 aromatic carbocycles. The molecule has 1 N–H and O–H groups in total. The van der Waals surface area contributed by atoms with Gasteiger partial charge in [0.15, 0.2) is 0 Å². The van der Waals surface area contributed by atoms with Crippen molar-refractivity contribution in [2.24, 2.45) is 0 Å². The van der Waals surface area contributed by atoms with E-state index in [4.69, 9.17) is 0 Å². The van der Waals surface area contributed by atoms with E-state index >= 15 is 0 Å². The maximum absolute atomic E-state index is 12.4. The Morgan fingerprint density at radius 1 is 1.12 bits per heavy atom. The minimum absolute atomic E-state index is 0.163. The smallest absolute Gasteiger partial charge is 0.281 e. The number of hydrogen-bond donors (Lipinski definition) is 1. The molecule has 2 heterocycles. The van der Waals surface area contributed by atoms with Gasteiger partial charge in [-0.15, -0.1) is 0 Å². The molecule has 17 heavy (non-hydrogen) atoms. The highest BCUT2D eigenvalue weighted by molar-refractivity contribution is 7.86. The number of nitrogens with zero attached hydrogens (tertiary/aromatic N) is 2. The molecule has 2 aliphatic rings. The second-order valence-electron chi connectivity index (χ2n) is 4.96. The summed E-state index contributed by atoms with van der Waals surface area (Å²) in [6, 6.07) is 0.163.